The lowest BCUT2D eigenvalue weighted by Crippen LogP contribution is -2.39. The van der Waals surface area contributed by atoms with E-state index in [1.807, 2.05) is 32.9 Å². The second-order valence-electron chi connectivity index (χ2n) is 10.8. The van der Waals surface area contributed by atoms with Gasteiger partial charge in [0.2, 0.25) is 0 Å². The lowest BCUT2D eigenvalue weighted by molar-refractivity contribution is -0.137. The smallest absolute Gasteiger partial charge is 0.410 e. The molecule has 8 nitrogen and oxygen atoms in total. The summed E-state index contributed by atoms with van der Waals surface area (Å²) in [7, 11) is 0. The Morgan fingerprint density at radius 3 is 2.63 bits per heavy atom. The first-order valence-corrected chi connectivity index (χ1v) is 13.5. The van der Waals surface area contributed by atoms with Gasteiger partial charge in [-0.25, -0.2) is 9.59 Å². The number of pyridine rings is 1. The first-order chi connectivity index (χ1) is 18.2. The number of ether oxygens (including phenoxy) is 3. The summed E-state index contributed by atoms with van der Waals surface area (Å²) in [5, 5.41) is 0. The van der Waals surface area contributed by atoms with Gasteiger partial charge < -0.3 is 24.0 Å². The van der Waals surface area contributed by atoms with Gasteiger partial charge in [0.15, 0.2) is 0 Å². The second kappa shape index (κ2) is 12.3. The largest absolute Gasteiger partial charge is 0.493 e. The van der Waals surface area contributed by atoms with Crippen LogP contribution in [0.3, 0.4) is 0 Å². The third kappa shape index (κ3) is 7.49. The third-order valence-corrected chi connectivity index (χ3v) is 6.80. The molecule has 0 bridgehead atoms. The van der Waals surface area contributed by atoms with Crippen molar-refractivity contribution in [2.24, 2.45) is 5.92 Å². The Labute approximate surface area is 225 Å². The van der Waals surface area contributed by atoms with Crippen LogP contribution in [-0.4, -0.2) is 60.4 Å². The molecule has 2 aliphatic rings. The van der Waals surface area contributed by atoms with Crippen LogP contribution in [0.15, 0.2) is 42.7 Å². The fourth-order valence-corrected chi connectivity index (χ4v) is 4.82. The molecule has 204 valence electrons. The fourth-order valence-electron chi connectivity index (χ4n) is 4.82. The first-order valence-electron chi connectivity index (χ1n) is 13.5. The van der Waals surface area contributed by atoms with Crippen molar-refractivity contribution >= 4 is 23.8 Å². The molecule has 1 saturated heterocycles. The number of esters is 1. The number of aromatic nitrogens is 1. The summed E-state index contributed by atoms with van der Waals surface area (Å²) in [6, 6.07) is 8.22. The standard InChI is InChI=1S/C30H39N3O5/c1-5-36-28(34)9-7-24-19-31-14-10-27(24)32-15-11-22(12-16-32)21-37-26-8-6-23-13-17-33(20-25(23)18-26)29(35)38-30(2,3)4/h6-10,14,18-19,22H,5,11-13,15-17,20-21H2,1-4H3/b9-7+. The molecular weight excluding hydrogens is 482 g/mol. The van der Waals surface area contributed by atoms with E-state index in [0.29, 0.717) is 32.2 Å². The summed E-state index contributed by atoms with van der Waals surface area (Å²) in [5.41, 5.74) is 3.86. The van der Waals surface area contributed by atoms with Crippen molar-refractivity contribution in [3.05, 3.63) is 59.4 Å². The highest BCUT2D eigenvalue weighted by Crippen LogP contribution is 2.29. The third-order valence-electron chi connectivity index (χ3n) is 6.80. The number of nitrogens with zero attached hydrogens (tertiary/aromatic N) is 3. The Balaban J connectivity index is 1.29. The van der Waals surface area contributed by atoms with Crippen LogP contribution in [0.2, 0.25) is 0 Å². The number of hydrogen-bond donors (Lipinski definition) is 0. The predicted octanol–water partition coefficient (Wildman–Crippen LogP) is 5.25. The van der Waals surface area contributed by atoms with Crippen molar-refractivity contribution in [3.8, 4) is 5.75 Å². The number of amides is 1. The number of carbonyl (C=O) groups is 2. The van der Waals surface area contributed by atoms with Crippen LogP contribution >= 0.6 is 0 Å². The molecule has 4 rings (SSSR count). The van der Waals surface area contributed by atoms with Gasteiger partial charge in [0.05, 0.1) is 13.2 Å². The zero-order chi connectivity index (χ0) is 27.1. The minimum atomic E-state index is -0.504. The molecule has 1 aromatic carbocycles. The number of benzene rings is 1. The van der Waals surface area contributed by atoms with Crippen molar-refractivity contribution < 1.29 is 23.8 Å². The Kier molecular flexibility index (Phi) is 8.92. The van der Waals surface area contributed by atoms with Gasteiger partial charge in [0.25, 0.3) is 0 Å². The van der Waals surface area contributed by atoms with Gasteiger partial charge in [-0.3, -0.25) is 4.98 Å². The van der Waals surface area contributed by atoms with Crippen molar-refractivity contribution in [3.63, 3.8) is 0 Å². The van der Waals surface area contributed by atoms with Crippen LogP contribution in [0.1, 0.15) is 57.2 Å². The van der Waals surface area contributed by atoms with Crippen LogP contribution in [0, 0.1) is 5.92 Å². The maximum atomic E-state index is 12.5. The van der Waals surface area contributed by atoms with E-state index in [4.69, 9.17) is 14.2 Å². The van der Waals surface area contributed by atoms with Gasteiger partial charge in [0.1, 0.15) is 11.4 Å². The highest BCUT2D eigenvalue weighted by Gasteiger charge is 2.26. The summed E-state index contributed by atoms with van der Waals surface area (Å²) < 4.78 is 16.8. The van der Waals surface area contributed by atoms with Gasteiger partial charge in [-0.15, -0.1) is 0 Å². The SMILES string of the molecule is CCOC(=O)/C=C/c1cnccc1N1CCC(COc2ccc3c(c2)CN(C(=O)OC(C)(C)C)CC3)CC1. The maximum absolute atomic E-state index is 12.5. The Morgan fingerprint density at radius 2 is 1.89 bits per heavy atom. The fraction of sp³-hybridized carbons (Fsp3) is 0.500. The molecule has 1 aromatic heterocycles. The van der Waals surface area contributed by atoms with Crippen LogP contribution in [-0.2, 0) is 27.2 Å². The molecule has 2 aromatic rings. The Bertz CT molecular complexity index is 1150. The first kappa shape index (κ1) is 27.5. The summed E-state index contributed by atoms with van der Waals surface area (Å²) in [4.78, 5) is 32.6. The summed E-state index contributed by atoms with van der Waals surface area (Å²) in [6.07, 6.45) is 9.37. The number of piperidine rings is 1. The number of carbonyl (C=O) groups excluding carboxylic acids is 2. The maximum Gasteiger partial charge on any atom is 0.410 e. The Hall–Kier alpha value is -3.55. The molecule has 1 amide bonds. The van der Waals surface area contributed by atoms with Crippen molar-refractivity contribution in [1.82, 2.24) is 9.88 Å². The molecule has 0 atom stereocenters. The molecule has 1 fully saturated rings. The zero-order valence-electron chi connectivity index (χ0n) is 22.9. The minimum Gasteiger partial charge on any atom is -0.493 e. The molecule has 38 heavy (non-hydrogen) atoms. The predicted molar refractivity (Wildman–Crippen MR) is 147 cm³/mol. The molecule has 0 saturated carbocycles. The molecule has 0 radical (unpaired) electrons. The second-order valence-corrected chi connectivity index (χ2v) is 10.8. The van der Waals surface area contributed by atoms with Crippen molar-refractivity contribution in [1.29, 1.82) is 0 Å². The molecule has 0 N–H and O–H groups in total. The molecular formula is C30H39N3O5. The quantitative estimate of drug-likeness (QED) is 0.364. The molecule has 0 spiro atoms. The molecule has 3 heterocycles. The highest BCUT2D eigenvalue weighted by atomic mass is 16.6. The summed E-state index contributed by atoms with van der Waals surface area (Å²) >= 11 is 0. The van der Waals surface area contributed by atoms with E-state index in [0.717, 1.165) is 54.9 Å². The van der Waals surface area contributed by atoms with E-state index >= 15 is 0 Å². The van der Waals surface area contributed by atoms with E-state index in [2.05, 4.69) is 22.0 Å². The molecule has 2 aliphatic heterocycles. The topological polar surface area (TPSA) is 81.2 Å². The van der Waals surface area contributed by atoms with Crippen LogP contribution < -0.4 is 9.64 Å². The van der Waals surface area contributed by atoms with Gasteiger partial charge in [-0.05, 0) is 88.3 Å². The van der Waals surface area contributed by atoms with Gasteiger partial charge in [-0.2, -0.15) is 0 Å². The van der Waals surface area contributed by atoms with E-state index in [1.165, 1.54) is 11.6 Å². The summed E-state index contributed by atoms with van der Waals surface area (Å²) in [6.45, 7) is 11.5. The van der Waals surface area contributed by atoms with Gasteiger partial charge in [-0.1, -0.05) is 6.07 Å². The lowest BCUT2D eigenvalue weighted by Gasteiger charge is -2.34. The molecule has 8 heteroatoms. The van der Waals surface area contributed by atoms with Crippen LogP contribution in [0.4, 0.5) is 10.5 Å². The number of anilines is 1. The lowest BCUT2D eigenvalue weighted by atomic mass is 9.96. The van der Waals surface area contributed by atoms with Gasteiger partial charge in [0, 0.05) is 55.9 Å². The Morgan fingerprint density at radius 1 is 1.11 bits per heavy atom. The van der Waals surface area contributed by atoms with Crippen molar-refractivity contribution in [2.75, 3.05) is 37.7 Å². The van der Waals surface area contributed by atoms with E-state index in [-0.39, 0.29) is 12.1 Å². The monoisotopic (exact) mass is 521 g/mol. The number of fused-ring (bicyclic) bond motifs is 1. The van der Waals surface area contributed by atoms with Crippen LogP contribution in [0.5, 0.6) is 5.75 Å². The highest BCUT2D eigenvalue weighted by molar-refractivity contribution is 5.88. The van der Waals surface area contributed by atoms with Crippen LogP contribution in [0.25, 0.3) is 6.08 Å². The van der Waals surface area contributed by atoms with E-state index < -0.39 is 5.60 Å². The number of rotatable bonds is 7. The van der Waals surface area contributed by atoms with E-state index in [1.54, 1.807) is 30.3 Å². The zero-order valence-corrected chi connectivity index (χ0v) is 22.9. The minimum absolute atomic E-state index is 0.269. The van der Waals surface area contributed by atoms with Gasteiger partial charge >= 0.3 is 12.1 Å². The normalized spacial score (nSPS) is 16.3. The molecule has 0 unspecified atom stereocenters. The average Bonchev–Trinajstić information content (AvgIpc) is 2.90. The number of hydrogen-bond acceptors (Lipinski definition) is 7. The van der Waals surface area contributed by atoms with E-state index in [9.17, 15) is 9.59 Å². The average molecular weight is 522 g/mol. The molecule has 0 aliphatic carbocycles. The summed E-state index contributed by atoms with van der Waals surface area (Å²) in [5.74, 6) is 0.955. The van der Waals surface area contributed by atoms with Crippen molar-refractivity contribution in [2.45, 2.75) is 59.1 Å².